The van der Waals surface area contributed by atoms with Crippen LogP contribution >= 0.6 is 0 Å². The standard InChI is InChI=1S/C18H16F4N2O5S/c19-13-2-1-10(18(26)23-11-6-14(20)17(22)15(21)7-11)5-16(13)30(27,28)24-3-4-29-9-12(25)8-24/h1-2,5-7,12,25H,3-4,8-9H2,(H,23,26). The number of hydrogen-bond acceptors (Lipinski definition) is 5. The van der Waals surface area contributed by atoms with Gasteiger partial charge in [0.15, 0.2) is 17.5 Å². The van der Waals surface area contributed by atoms with Gasteiger partial charge in [-0.25, -0.2) is 26.0 Å². The van der Waals surface area contributed by atoms with Crippen molar-refractivity contribution in [3.05, 3.63) is 59.2 Å². The van der Waals surface area contributed by atoms with E-state index in [2.05, 4.69) is 5.32 Å². The molecule has 1 aliphatic rings. The lowest BCUT2D eigenvalue weighted by atomic mass is 10.2. The third kappa shape index (κ3) is 4.61. The lowest BCUT2D eigenvalue weighted by Gasteiger charge is -2.21. The molecule has 2 aromatic carbocycles. The molecule has 2 N–H and O–H groups in total. The van der Waals surface area contributed by atoms with Crippen LogP contribution in [0.4, 0.5) is 23.2 Å². The van der Waals surface area contributed by atoms with E-state index in [1.54, 1.807) is 0 Å². The number of β-amino-alcohol motifs (C(OH)–C–C–N with tert-alkyl or cyclic N) is 1. The molecule has 0 saturated carbocycles. The number of nitrogens with zero attached hydrogens (tertiary/aromatic N) is 1. The minimum Gasteiger partial charge on any atom is -0.389 e. The minimum atomic E-state index is -4.43. The summed E-state index contributed by atoms with van der Waals surface area (Å²) in [4.78, 5) is 11.5. The number of aliphatic hydroxyl groups is 1. The molecule has 12 heteroatoms. The third-order valence-electron chi connectivity index (χ3n) is 4.26. The van der Waals surface area contributed by atoms with Crippen molar-refractivity contribution in [2.24, 2.45) is 0 Å². The molecule has 162 valence electrons. The normalized spacial score (nSPS) is 18.1. The highest BCUT2D eigenvalue weighted by Crippen LogP contribution is 2.23. The van der Waals surface area contributed by atoms with Gasteiger partial charge in [-0.3, -0.25) is 4.79 Å². The Balaban J connectivity index is 1.90. The fourth-order valence-corrected chi connectivity index (χ4v) is 4.35. The molecule has 1 atom stereocenters. The van der Waals surface area contributed by atoms with Crippen LogP contribution in [0.5, 0.6) is 0 Å². The summed E-state index contributed by atoms with van der Waals surface area (Å²) in [6, 6.07) is 3.55. The number of hydrogen-bond donors (Lipinski definition) is 2. The van der Waals surface area contributed by atoms with E-state index >= 15 is 0 Å². The number of ether oxygens (including phenoxy) is 1. The van der Waals surface area contributed by atoms with Gasteiger partial charge in [0.25, 0.3) is 5.91 Å². The molecular formula is C18H16F4N2O5S. The van der Waals surface area contributed by atoms with E-state index in [9.17, 15) is 35.9 Å². The number of halogens is 4. The number of carbonyl (C=O) groups is 1. The van der Waals surface area contributed by atoms with Gasteiger partial charge in [-0.2, -0.15) is 4.31 Å². The summed E-state index contributed by atoms with van der Waals surface area (Å²) in [5.74, 6) is -6.92. The second kappa shape index (κ2) is 8.68. The van der Waals surface area contributed by atoms with Gasteiger partial charge < -0.3 is 15.2 Å². The quantitative estimate of drug-likeness (QED) is 0.550. The van der Waals surface area contributed by atoms with Crippen molar-refractivity contribution in [1.82, 2.24) is 4.31 Å². The van der Waals surface area contributed by atoms with Crippen molar-refractivity contribution < 1.29 is 40.6 Å². The Kier molecular flexibility index (Phi) is 6.41. The molecule has 7 nitrogen and oxygen atoms in total. The topological polar surface area (TPSA) is 95.9 Å². The second-order valence-corrected chi connectivity index (χ2v) is 8.35. The first-order valence-electron chi connectivity index (χ1n) is 8.61. The molecule has 0 radical (unpaired) electrons. The summed E-state index contributed by atoms with van der Waals surface area (Å²) < 4.78 is 85.4. The van der Waals surface area contributed by atoms with E-state index in [1.165, 1.54) is 0 Å². The first kappa shape index (κ1) is 22.2. The van der Waals surface area contributed by atoms with Crippen molar-refractivity contribution in [3.63, 3.8) is 0 Å². The smallest absolute Gasteiger partial charge is 0.255 e. The van der Waals surface area contributed by atoms with E-state index in [4.69, 9.17) is 4.74 Å². The predicted octanol–water partition coefficient (Wildman–Crippen LogP) is 1.88. The number of sulfonamides is 1. The van der Waals surface area contributed by atoms with Gasteiger partial charge in [-0.15, -0.1) is 0 Å². The first-order chi connectivity index (χ1) is 14.1. The van der Waals surface area contributed by atoms with Crippen LogP contribution in [0.3, 0.4) is 0 Å². The molecule has 30 heavy (non-hydrogen) atoms. The third-order valence-corrected chi connectivity index (χ3v) is 6.14. The maximum atomic E-state index is 14.3. The van der Waals surface area contributed by atoms with Crippen LogP contribution in [0.25, 0.3) is 0 Å². The van der Waals surface area contributed by atoms with Crippen LogP contribution < -0.4 is 5.32 Å². The lowest BCUT2D eigenvalue weighted by Crippen LogP contribution is -2.38. The fraction of sp³-hybridized carbons (Fsp3) is 0.278. The summed E-state index contributed by atoms with van der Waals surface area (Å²) >= 11 is 0. The van der Waals surface area contributed by atoms with E-state index in [0.717, 1.165) is 22.5 Å². The van der Waals surface area contributed by atoms with Gasteiger partial charge in [0, 0.05) is 36.5 Å². The van der Waals surface area contributed by atoms with Crippen LogP contribution in [0.15, 0.2) is 35.2 Å². The molecule has 0 spiro atoms. The van der Waals surface area contributed by atoms with E-state index < -0.39 is 55.9 Å². The van der Waals surface area contributed by atoms with Crippen LogP contribution in [0.2, 0.25) is 0 Å². The zero-order valence-electron chi connectivity index (χ0n) is 15.2. The monoisotopic (exact) mass is 448 g/mol. The number of benzene rings is 2. The van der Waals surface area contributed by atoms with Crippen LogP contribution in [0, 0.1) is 23.3 Å². The Bertz CT molecular complexity index is 1060. The molecule has 1 unspecified atom stereocenters. The zero-order chi connectivity index (χ0) is 22.1. The zero-order valence-corrected chi connectivity index (χ0v) is 16.1. The Morgan fingerprint density at radius 3 is 2.43 bits per heavy atom. The van der Waals surface area contributed by atoms with E-state index in [1.807, 2.05) is 0 Å². The Morgan fingerprint density at radius 1 is 1.10 bits per heavy atom. The molecule has 0 aliphatic carbocycles. The van der Waals surface area contributed by atoms with Gasteiger partial charge in [0.1, 0.15) is 10.7 Å². The van der Waals surface area contributed by atoms with E-state index in [0.29, 0.717) is 12.1 Å². The van der Waals surface area contributed by atoms with Gasteiger partial charge >= 0.3 is 0 Å². The number of carbonyl (C=O) groups excluding carboxylic acids is 1. The molecule has 1 amide bonds. The molecule has 1 aliphatic heterocycles. The van der Waals surface area contributed by atoms with Crippen molar-refractivity contribution in [1.29, 1.82) is 0 Å². The highest BCUT2D eigenvalue weighted by molar-refractivity contribution is 7.89. The first-order valence-corrected chi connectivity index (χ1v) is 10.0. The number of nitrogens with one attached hydrogen (secondary N) is 1. The molecule has 0 aromatic heterocycles. The summed E-state index contributed by atoms with van der Waals surface area (Å²) in [6.07, 6.45) is -1.11. The molecule has 3 rings (SSSR count). The number of anilines is 1. The van der Waals surface area contributed by atoms with E-state index in [-0.39, 0.29) is 31.9 Å². The largest absolute Gasteiger partial charge is 0.389 e. The van der Waals surface area contributed by atoms with Crippen molar-refractivity contribution in [2.75, 3.05) is 31.6 Å². The molecular weight excluding hydrogens is 432 g/mol. The summed E-state index contributed by atoms with van der Waals surface area (Å²) in [6.45, 7) is -0.558. The molecule has 1 saturated heterocycles. The lowest BCUT2D eigenvalue weighted by molar-refractivity contribution is 0.0583. The maximum absolute atomic E-state index is 14.3. The molecule has 2 aromatic rings. The summed E-state index contributed by atoms with van der Waals surface area (Å²) in [5.41, 5.74) is -0.746. The maximum Gasteiger partial charge on any atom is 0.255 e. The minimum absolute atomic E-state index is 0.0141. The predicted molar refractivity (Wildman–Crippen MR) is 96.3 cm³/mol. The van der Waals surface area contributed by atoms with Gasteiger partial charge in [0.2, 0.25) is 10.0 Å². The SMILES string of the molecule is O=C(Nc1cc(F)c(F)c(F)c1)c1ccc(F)c(S(=O)(=O)N2CCOCC(O)C2)c1. The van der Waals surface area contributed by atoms with Crippen molar-refractivity contribution >= 4 is 21.6 Å². The van der Waals surface area contributed by atoms with Crippen LogP contribution in [0.1, 0.15) is 10.4 Å². The Hall–Kier alpha value is -2.54. The van der Waals surface area contributed by atoms with Crippen LogP contribution in [-0.2, 0) is 14.8 Å². The molecule has 0 bridgehead atoms. The highest BCUT2D eigenvalue weighted by atomic mass is 32.2. The Morgan fingerprint density at radius 2 is 1.77 bits per heavy atom. The number of amides is 1. The molecule has 1 heterocycles. The highest BCUT2D eigenvalue weighted by Gasteiger charge is 2.31. The summed E-state index contributed by atoms with van der Waals surface area (Å²) in [5, 5.41) is 11.8. The average molecular weight is 448 g/mol. The second-order valence-electron chi connectivity index (χ2n) is 6.44. The van der Waals surface area contributed by atoms with Gasteiger partial charge in [-0.1, -0.05) is 0 Å². The average Bonchev–Trinajstić information content (AvgIpc) is 2.91. The summed E-state index contributed by atoms with van der Waals surface area (Å²) in [7, 11) is -4.43. The Labute approximate surface area is 168 Å². The van der Waals surface area contributed by atoms with Crippen molar-refractivity contribution in [2.45, 2.75) is 11.0 Å². The number of rotatable bonds is 4. The number of aliphatic hydroxyl groups excluding tert-OH is 1. The van der Waals surface area contributed by atoms with Gasteiger partial charge in [0.05, 0.1) is 19.3 Å². The van der Waals surface area contributed by atoms with Crippen LogP contribution in [-0.4, -0.2) is 56.1 Å². The van der Waals surface area contributed by atoms with Gasteiger partial charge in [-0.05, 0) is 18.2 Å². The van der Waals surface area contributed by atoms with Crippen molar-refractivity contribution in [3.8, 4) is 0 Å². The molecule has 1 fully saturated rings. The fourth-order valence-electron chi connectivity index (χ4n) is 2.80.